The molecule has 2 rings (SSSR count). The van der Waals surface area contributed by atoms with E-state index < -0.39 is 0 Å². The van der Waals surface area contributed by atoms with Gasteiger partial charge in [-0.15, -0.1) is 0 Å². The van der Waals surface area contributed by atoms with Gasteiger partial charge in [0, 0.05) is 24.6 Å². The summed E-state index contributed by atoms with van der Waals surface area (Å²) in [5, 5.41) is 1.13. The van der Waals surface area contributed by atoms with Crippen LogP contribution in [0.3, 0.4) is 0 Å². The lowest BCUT2D eigenvalue weighted by Crippen LogP contribution is -2.35. The first-order chi connectivity index (χ1) is 8.29. The summed E-state index contributed by atoms with van der Waals surface area (Å²) in [6, 6.07) is 4.17. The van der Waals surface area contributed by atoms with Crippen molar-refractivity contribution in [1.82, 2.24) is 9.88 Å². The Hall–Kier alpha value is -0.410. The average molecular weight is 297 g/mol. The van der Waals surface area contributed by atoms with Gasteiger partial charge in [0.1, 0.15) is 0 Å². The molecule has 2 nitrogen and oxygen atoms in total. The molecular formula is C14H21BrN2. The van der Waals surface area contributed by atoms with Crippen LogP contribution in [0.15, 0.2) is 18.3 Å². The second-order valence-corrected chi connectivity index (χ2v) is 5.78. The van der Waals surface area contributed by atoms with Gasteiger partial charge in [-0.05, 0) is 50.3 Å². The van der Waals surface area contributed by atoms with Gasteiger partial charge in [-0.1, -0.05) is 22.0 Å². The molecule has 0 bridgehead atoms. The normalized spacial score (nSPS) is 21.6. The number of aromatic nitrogens is 1. The van der Waals surface area contributed by atoms with Crippen molar-refractivity contribution < 1.29 is 0 Å². The van der Waals surface area contributed by atoms with Gasteiger partial charge in [-0.25, -0.2) is 0 Å². The maximum Gasteiger partial charge on any atom is 0.0573 e. The van der Waals surface area contributed by atoms with E-state index in [1.165, 1.54) is 43.6 Å². The highest BCUT2D eigenvalue weighted by Crippen LogP contribution is 2.21. The first-order valence-electron chi connectivity index (χ1n) is 6.48. The SMILES string of the molecule is Cc1cccnc1CN1CCCC(CCBr)C1. The summed E-state index contributed by atoms with van der Waals surface area (Å²) >= 11 is 3.55. The van der Waals surface area contributed by atoms with Crippen molar-refractivity contribution in [3.63, 3.8) is 0 Å². The third kappa shape index (κ3) is 3.78. The summed E-state index contributed by atoms with van der Waals surface area (Å²) in [6.07, 6.45) is 5.94. The van der Waals surface area contributed by atoms with E-state index in [1.807, 2.05) is 12.3 Å². The number of nitrogens with zero attached hydrogens (tertiary/aromatic N) is 2. The molecular weight excluding hydrogens is 276 g/mol. The highest BCUT2D eigenvalue weighted by molar-refractivity contribution is 9.09. The zero-order valence-electron chi connectivity index (χ0n) is 10.5. The number of likely N-dealkylation sites (tertiary alicyclic amines) is 1. The van der Waals surface area contributed by atoms with Gasteiger partial charge in [0.05, 0.1) is 5.69 Å². The van der Waals surface area contributed by atoms with E-state index in [4.69, 9.17) is 0 Å². The molecule has 0 aromatic carbocycles. The molecule has 0 N–H and O–H groups in total. The quantitative estimate of drug-likeness (QED) is 0.792. The van der Waals surface area contributed by atoms with Crippen molar-refractivity contribution in [1.29, 1.82) is 0 Å². The summed E-state index contributed by atoms with van der Waals surface area (Å²) in [4.78, 5) is 7.05. The molecule has 3 heteroatoms. The molecule has 0 spiro atoms. The maximum atomic E-state index is 4.49. The summed E-state index contributed by atoms with van der Waals surface area (Å²) in [6.45, 7) is 5.64. The minimum Gasteiger partial charge on any atom is -0.297 e. The lowest BCUT2D eigenvalue weighted by molar-refractivity contribution is 0.163. The highest BCUT2D eigenvalue weighted by atomic mass is 79.9. The van der Waals surface area contributed by atoms with E-state index in [9.17, 15) is 0 Å². The van der Waals surface area contributed by atoms with E-state index >= 15 is 0 Å². The third-order valence-corrected chi connectivity index (χ3v) is 4.07. The third-order valence-electron chi connectivity index (χ3n) is 3.61. The molecule has 2 heterocycles. The first-order valence-corrected chi connectivity index (χ1v) is 7.60. The molecule has 0 saturated carbocycles. The molecule has 1 aliphatic rings. The molecule has 1 saturated heterocycles. The fourth-order valence-corrected chi connectivity index (χ4v) is 3.23. The van der Waals surface area contributed by atoms with Crippen LogP contribution in [0.5, 0.6) is 0 Å². The van der Waals surface area contributed by atoms with Crippen LogP contribution < -0.4 is 0 Å². The Kier molecular flexibility index (Phi) is 4.99. The molecule has 0 amide bonds. The minimum atomic E-state index is 0.868. The Labute approximate surface area is 113 Å². The number of hydrogen-bond donors (Lipinski definition) is 0. The number of alkyl halides is 1. The van der Waals surface area contributed by atoms with E-state index in [-0.39, 0.29) is 0 Å². The Morgan fingerprint density at radius 1 is 1.53 bits per heavy atom. The Bertz CT molecular complexity index is 352. The van der Waals surface area contributed by atoms with Crippen LogP contribution in [0.4, 0.5) is 0 Å². The zero-order valence-corrected chi connectivity index (χ0v) is 12.1. The van der Waals surface area contributed by atoms with Crippen molar-refractivity contribution in [3.05, 3.63) is 29.6 Å². The molecule has 1 aromatic heterocycles. The van der Waals surface area contributed by atoms with Crippen molar-refractivity contribution in [2.45, 2.75) is 32.7 Å². The fraction of sp³-hybridized carbons (Fsp3) is 0.643. The van der Waals surface area contributed by atoms with Gasteiger partial charge >= 0.3 is 0 Å². The number of pyridine rings is 1. The number of halogens is 1. The predicted octanol–water partition coefficient (Wildman–Crippen LogP) is 3.39. The van der Waals surface area contributed by atoms with Gasteiger partial charge < -0.3 is 0 Å². The number of hydrogen-bond acceptors (Lipinski definition) is 2. The van der Waals surface area contributed by atoms with Crippen molar-refractivity contribution >= 4 is 15.9 Å². The highest BCUT2D eigenvalue weighted by Gasteiger charge is 2.19. The monoisotopic (exact) mass is 296 g/mol. The van der Waals surface area contributed by atoms with Crippen LogP contribution in [-0.4, -0.2) is 28.3 Å². The predicted molar refractivity (Wildman–Crippen MR) is 75.4 cm³/mol. The standard InChI is InChI=1S/C14H21BrN2/c1-12-4-2-8-16-14(12)11-17-9-3-5-13(10-17)6-7-15/h2,4,8,13H,3,5-7,9-11H2,1H3. The molecule has 1 aromatic rings. The summed E-state index contributed by atoms with van der Waals surface area (Å²) in [7, 11) is 0. The van der Waals surface area contributed by atoms with Gasteiger partial charge in [0.2, 0.25) is 0 Å². The van der Waals surface area contributed by atoms with Crippen LogP contribution in [0.2, 0.25) is 0 Å². The van der Waals surface area contributed by atoms with Crippen LogP contribution in [-0.2, 0) is 6.54 Å². The van der Waals surface area contributed by atoms with E-state index in [0.29, 0.717) is 0 Å². The average Bonchev–Trinajstić information content (AvgIpc) is 2.33. The maximum absolute atomic E-state index is 4.49. The molecule has 0 aliphatic carbocycles. The smallest absolute Gasteiger partial charge is 0.0573 e. The number of piperidine rings is 1. The van der Waals surface area contributed by atoms with Crippen LogP contribution in [0, 0.1) is 12.8 Å². The second-order valence-electron chi connectivity index (χ2n) is 4.99. The largest absolute Gasteiger partial charge is 0.297 e. The number of rotatable bonds is 4. The van der Waals surface area contributed by atoms with Crippen molar-refractivity contribution in [2.24, 2.45) is 5.92 Å². The molecule has 1 atom stereocenters. The zero-order chi connectivity index (χ0) is 12.1. The Morgan fingerprint density at radius 3 is 3.18 bits per heavy atom. The van der Waals surface area contributed by atoms with E-state index in [1.54, 1.807) is 0 Å². The second kappa shape index (κ2) is 6.50. The summed E-state index contributed by atoms with van der Waals surface area (Å²) in [5.41, 5.74) is 2.56. The first kappa shape index (κ1) is 13.0. The van der Waals surface area contributed by atoms with Crippen LogP contribution in [0.1, 0.15) is 30.5 Å². The van der Waals surface area contributed by atoms with Gasteiger partial charge in [-0.3, -0.25) is 9.88 Å². The fourth-order valence-electron chi connectivity index (χ4n) is 2.58. The van der Waals surface area contributed by atoms with E-state index in [0.717, 1.165) is 17.8 Å². The topological polar surface area (TPSA) is 16.1 Å². The van der Waals surface area contributed by atoms with Crippen LogP contribution in [0.25, 0.3) is 0 Å². The molecule has 0 radical (unpaired) electrons. The minimum absolute atomic E-state index is 0.868. The summed E-state index contributed by atoms with van der Waals surface area (Å²) < 4.78 is 0. The summed E-state index contributed by atoms with van der Waals surface area (Å²) in [5.74, 6) is 0.868. The molecule has 17 heavy (non-hydrogen) atoms. The lowest BCUT2D eigenvalue weighted by atomic mass is 9.95. The van der Waals surface area contributed by atoms with E-state index in [2.05, 4.69) is 38.8 Å². The van der Waals surface area contributed by atoms with Gasteiger partial charge in [0.25, 0.3) is 0 Å². The molecule has 1 aliphatic heterocycles. The lowest BCUT2D eigenvalue weighted by Gasteiger charge is -2.32. The molecule has 1 unspecified atom stereocenters. The van der Waals surface area contributed by atoms with Gasteiger partial charge in [-0.2, -0.15) is 0 Å². The van der Waals surface area contributed by atoms with Crippen LogP contribution >= 0.6 is 15.9 Å². The Balaban J connectivity index is 1.92. The van der Waals surface area contributed by atoms with Gasteiger partial charge in [0.15, 0.2) is 0 Å². The number of aryl methyl sites for hydroxylation is 1. The molecule has 94 valence electrons. The van der Waals surface area contributed by atoms with Crippen molar-refractivity contribution in [2.75, 3.05) is 18.4 Å². The van der Waals surface area contributed by atoms with Crippen molar-refractivity contribution in [3.8, 4) is 0 Å². The molecule has 1 fully saturated rings. The Morgan fingerprint density at radius 2 is 2.41 bits per heavy atom.